The van der Waals surface area contributed by atoms with Gasteiger partial charge in [-0.05, 0) is 42.3 Å². The molecule has 0 radical (unpaired) electrons. The molecule has 9 heteroatoms. The van der Waals surface area contributed by atoms with Crippen LogP contribution in [0, 0.1) is 0 Å². The zero-order valence-electron chi connectivity index (χ0n) is 16.4. The van der Waals surface area contributed by atoms with E-state index >= 15 is 0 Å². The minimum absolute atomic E-state index is 0.106. The topological polar surface area (TPSA) is 86.8 Å². The second kappa shape index (κ2) is 7.92. The molecule has 158 valence electrons. The number of benzene rings is 2. The maximum atomic E-state index is 13.2. The number of carbonyl (C=O) groups is 2. The number of rotatable bonds is 5. The van der Waals surface area contributed by atoms with Crippen molar-refractivity contribution in [3.63, 3.8) is 0 Å². The van der Waals surface area contributed by atoms with Crippen LogP contribution in [-0.2, 0) is 21.1 Å². The van der Waals surface area contributed by atoms with Gasteiger partial charge in [-0.1, -0.05) is 36.7 Å². The fraction of sp³-hybridized carbons (Fsp3) is 0.333. The van der Waals surface area contributed by atoms with E-state index in [1.807, 2.05) is 31.2 Å². The van der Waals surface area contributed by atoms with Crippen LogP contribution in [0.4, 0.5) is 16.2 Å². The fourth-order valence-corrected chi connectivity index (χ4v) is 6.22. The summed E-state index contributed by atoms with van der Waals surface area (Å²) in [6.07, 6.45) is 0.866. The number of carbonyl (C=O) groups excluding carboxylic acids is 2. The molecule has 2 aromatic rings. The van der Waals surface area contributed by atoms with Crippen LogP contribution in [-0.4, -0.2) is 55.4 Å². The zero-order valence-corrected chi connectivity index (χ0v) is 18.0. The summed E-state index contributed by atoms with van der Waals surface area (Å²) in [4.78, 5) is 28.6. The second-order valence-electron chi connectivity index (χ2n) is 7.57. The summed E-state index contributed by atoms with van der Waals surface area (Å²) < 4.78 is 24.6. The summed E-state index contributed by atoms with van der Waals surface area (Å²) in [5, 5.41) is 3.20. The summed E-state index contributed by atoms with van der Waals surface area (Å²) in [5.41, 5.74) is 2.28. The van der Waals surface area contributed by atoms with Crippen molar-refractivity contribution in [1.29, 1.82) is 0 Å². The highest BCUT2D eigenvalue weighted by molar-refractivity contribution is 7.91. The molecule has 30 heavy (non-hydrogen) atoms. The number of aryl methyl sites for hydroxylation is 1. The molecule has 2 aromatic carbocycles. The highest BCUT2D eigenvalue weighted by Crippen LogP contribution is 2.35. The van der Waals surface area contributed by atoms with Gasteiger partial charge in [0.05, 0.1) is 23.6 Å². The summed E-state index contributed by atoms with van der Waals surface area (Å²) >= 11 is 5.95. The van der Waals surface area contributed by atoms with Crippen molar-refractivity contribution in [2.45, 2.75) is 25.4 Å². The van der Waals surface area contributed by atoms with Gasteiger partial charge in [0.25, 0.3) is 0 Å². The van der Waals surface area contributed by atoms with Crippen LogP contribution in [0.2, 0.25) is 5.02 Å². The Kier molecular flexibility index (Phi) is 5.46. The van der Waals surface area contributed by atoms with E-state index in [1.54, 1.807) is 24.3 Å². The third-order valence-electron chi connectivity index (χ3n) is 5.52. The SMILES string of the molecule is CCc1ccc(N2C(=O)N(CC(=O)Nc3cccc(Cl)c3)[C@H]3CS(=O)(=O)C[C@@H]32)cc1. The first-order valence-corrected chi connectivity index (χ1v) is 11.9. The van der Waals surface area contributed by atoms with Gasteiger partial charge in [-0.2, -0.15) is 0 Å². The van der Waals surface area contributed by atoms with Crippen LogP contribution in [0.25, 0.3) is 0 Å². The van der Waals surface area contributed by atoms with Gasteiger partial charge in [0.15, 0.2) is 9.84 Å². The largest absolute Gasteiger partial charge is 0.325 e. The molecule has 2 fully saturated rings. The van der Waals surface area contributed by atoms with Crippen molar-refractivity contribution in [3.05, 3.63) is 59.1 Å². The molecule has 3 amide bonds. The number of nitrogens with zero attached hydrogens (tertiary/aromatic N) is 2. The average Bonchev–Trinajstić information content (AvgIpc) is 3.12. The van der Waals surface area contributed by atoms with Crippen molar-refractivity contribution < 1.29 is 18.0 Å². The fourth-order valence-electron chi connectivity index (χ4n) is 4.08. The van der Waals surface area contributed by atoms with Crippen LogP contribution < -0.4 is 10.2 Å². The van der Waals surface area contributed by atoms with Crippen LogP contribution >= 0.6 is 11.6 Å². The van der Waals surface area contributed by atoms with E-state index in [4.69, 9.17) is 11.6 Å². The van der Waals surface area contributed by atoms with Crippen molar-refractivity contribution in [3.8, 4) is 0 Å². The molecule has 1 N–H and O–H groups in total. The smallest absolute Gasteiger partial charge is 0.324 e. The molecule has 2 aliphatic rings. The number of amides is 3. The normalized spacial score (nSPS) is 22.3. The Labute approximate surface area is 180 Å². The Bertz CT molecular complexity index is 1090. The number of anilines is 2. The first-order chi connectivity index (χ1) is 14.3. The van der Waals surface area contributed by atoms with Crippen molar-refractivity contribution in [2.75, 3.05) is 28.3 Å². The van der Waals surface area contributed by atoms with Gasteiger partial charge in [0, 0.05) is 16.4 Å². The molecule has 0 spiro atoms. The lowest BCUT2D eigenvalue weighted by molar-refractivity contribution is -0.116. The third kappa shape index (κ3) is 4.02. The molecule has 0 bridgehead atoms. The molecule has 7 nitrogen and oxygen atoms in total. The number of fused-ring (bicyclic) bond motifs is 1. The Morgan fingerprint density at radius 3 is 2.50 bits per heavy atom. The van der Waals surface area contributed by atoms with E-state index in [0.29, 0.717) is 16.4 Å². The number of hydrogen-bond donors (Lipinski definition) is 1. The molecular formula is C21H22ClN3O4S. The molecule has 2 atom stereocenters. The van der Waals surface area contributed by atoms with Gasteiger partial charge in [-0.3, -0.25) is 9.69 Å². The van der Waals surface area contributed by atoms with E-state index in [-0.39, 0.29) is 24.1 Å². The highest BCUT2D eigenvalue weighted by atomic mass is 35.5. The van der Waals surface area contributed by atoms with Crippen molar-refractivity contribution in [1.82, 2.24) is 4.90 Å². The van der Waals surface area contributed by atoms with Crippen molar-refractivity contribution >= 4 is 44.8 Å². The summed E-state index contributed by atoms with van der Waals surface area (Å²) in [6.45, 7) is 1.81. The monoisotopic (exact) mass is 447 g/mol. The third-order valence-corrected chi connectivity index (χ3v) is 7.46. The molecule has 0 unspecified atom stereocenters. The Hall–Kier alpha value is -2.58. The number of urea groups is 1. The number of hydrogen-bond acceptors (Lipinski definition) is 4. The van der Waals surface area contributed by atoms with E-state index in [1.165, 1.54) is 9.80 Å². The van der Waals surface area contributed by atoms with E-state index < -0.39 is 27.8 Å². The molecule has 2 saturated heterocycles. The minimum Gasteiger partial charge on any atom is -0.324 e. The lowest BCUT2D eigenvalue weighted by atomic mass is 10.1. The van der Waals surface area contributed by atoms with Gasteiger partial charge >= 0.3 is 6.03 Å². The number of sulfone groups is 1. The average molecular weight is 448 g/mol. The van der Waals surface area contributed by atoms with Crippen molar-refractivity contribution in [2.24, 2.45) is 0 Å². The maximum absolute atomic E-state index is 13.2. The van der Waals surface area contributed by atoms with Crippen LogP contribution in [0.15, 0.2) is 48.5 Å². The quantitative estimate of drug-likeness (QED) is 0.714. The summed E-state index contributed by atoms with van der Waals surface area (Å²) in [5.74, 6) is -0.653. The van der Waals surface area contributed by atoms with Gasteiger partial charge in [-0.15, -0.1) is 0 Å². The zero-order chi connectivity index (χ0) is 21.5. The lowest BCUT2D eigenvalue weighted by Crippen LogP contribution is -2.42. The summed E-state index contributed by atoms with van der Waals surface area (Å²) in [6, 6.07) is 12.8. The Morgan fingerprint density at radius 1 is 1.13 bits per heavy atom. The molecule has 0 aromatic heterocycles. The van der Waals surface area contributed by atoms with E-state index in [2.05, 4.69) is 5.32 Å². The molecule has 0 aliphatic carbocycles. The predicted octanol–water partition coefficient (Wildman–Crippen LogP) is 2.95. The standard InChI is InChI=1S/C21H22ClN3O4S/c1-2-14-6-8-17(9-7-14)25-19-13-30(28,29)12-18(19)24(21(25)27)11-20(26)23-16-5-3-4-15(22)10-16/h3-10,18-19H,2,11-13H2,1H3,(H,23,26)/t18-,19-/m0/s1. The van der Waals surface area contributed by atoms with Crippen LogP contribution in [0.3, 0.4) is 0 Å². The van der Waals surface area contributed by atoms with Gasteiger partial charge in [-0.25, -0.2) is 13.2 Å². The Balaban J connectivity index is 1.57. The number of nitrogens with one attached hydrogen (secondary N) is 1. The molecule has 4 rings (SSSR count). The molecule has 0 saturated carbocycles. The molecular weight excluding hydrogens is 426 g/mol. The highest BCUT2D eigenvalue weighted by Gasteiger charge is 2.54. The van der Waals surface area contributed by atoms with E-state index in [9.17, 15) is 18.0 Å². The van der Waals surface area contributed by atoms with Gasteiger partial charge in [0.1, 0.15) is 6.54 Å². The predicted molar refractivity (Wildman–Crippen MR) is 117 cm³/mol. The van der Waals surface area contributed by atoms with Gasteiger partial charge < -0.3 is 10.2 Å². The second-order valence-corrected chi connectivity index (χ2v) is 10.2. The maximum Gasteiger partial charge on any atom is 0.325 e. The number of halogens is 1. The van der Waals surface area contributed by atoms with E-state index in [0.717, 1.165) is 12.0 Å². The van der Waals surface area contributed by atoms with Gasteiger partial charge in [0.2, 0.25) is 5.91 Å². The Morgan fingerprint density at radius 2 is 1.83 bits per heavy atom. The first kappa shape index (κ1) is 20.7. The van der Waals surface area contributed by atoms with Crippen LogP contribution in [0.5, 0.6) is 0 Å². The first-order valence-electron chi connectivity index (χ1n) is 9.72. The summed E-state index contributed by atoms with van der Waals surface area (Å²) in [7, 11) is -3.30. The minimum atomic E-state index is -3.30. The van der Waals surface area contributed by atoms with Crippen LogP contribution in [0.1, 0.15) is 12.5 Å². The molecule has 2 aliphatic heterocycles. The lowest BCUT2D eigenvalue weighted by Gasteiger charge is -2.22. The molecule has 2 heterocycles.